The Balaban J connectivity index is 1.80. The average molecular weight is 270 g/mol. The number of likely N-dealkylation sites (tertiary alicyclic amines) is 1. The van der Waals surface area contributed by atoms with Gasteiger partial charge in [0.05, 0.1) is 0 Å². The molecule has 0 bridgehead atoms. The standard InChI is InChI=1S/C14H26N2OS/c1-11(2)15-8-12-4-3-6-16(9-12)14(17)13-5-7-18-10-13/h11-13,15H,3-10H2,1-2H3. The summed E-state index contributed by atoms with van der Waals surface area (Å²) < 4.78 is 0. The van der Waals surface area contributed by atoms with Crippen molar-refractivity contribution in [2.24, 2.45) is 11.8 Å². The Morgan fingerprint density at radius 2 is 2.28 bits per heavy atom. The first kappa shape index (κ1) is 14.2. The summed E-state index contributed by atoms with van der Waals surface area (Å²) in [5.74, 6) is 3.60. The number of piperidine rings is 1. The van der Waals surface area contributed by atoms with Gasteiger partial charge in [0.1, 0.15) is 0 Å². The van der Waals surface area contributed by atoms with Crippen LogP contribution >= 0.6 is 11.8 Å². The predicted molar refractivity (Wildman–Crippen MR) is 77.9 cm³/mol. The summed E-state index contributed by atoms with van der Waals surface area (Å²) in [6.07, 6.45) is 3.54. The third kappa shape index (κ3) is 3.89. The van der Waals surface area contributed by atoms with E-state index in [0.29, 0.717) is 23.8 Å². The monoisotopic (exact) mass is 270 g/mol. The molecule has 1 N–H and O–H groups in total. The van der Waals surface area contributed by atoms with Gasteiger partial charge in [0.2, 0.25) is 5.91 Å². The molecule has 2 heterocycles. The molecule has 0 radical (unpaired) electrons. The van der Waals surface area contributed by atoms with E-state index >= 15 is 0 Å². The summed E-state index contributed by atoms with van der Waals surface area (Å²) in [6, 6.07) is 0.544. The summed E-state index contributed by atoms with van der Waals surface area (Å²) in [7, 11) is 0. The lowest BCUT2D eigenvalue weighted by molar-refractivity contribution is -0.136. The minimum atomic E-state index is 0.312. The SMILES string of the molecule is CC(C)NCC1CCCN(C(=O)C2CCSC2)C1. The van der Waals surface area contributed by atoms with E-state index in [1.165, 1.54) is 18.6 Å². The van der Waals surface area contributed by atoms with Crippen molar-refractivity contribution in [3.05, 3.63) is 0 Å². The van der Waals surface area contributed by atoms with E-state index in [4.69, 9.17) is 0 Å². The van der Waals surface area contributed by atoms with E-state index < -0.39 is 0 Å². The van der Waals surface area contributed by atoms with Crippen LogP contribution in [0.1, 0.15) is 33.1 Å². The second-order valence-electron chi connectivity index (χ2n) is 5.92. The lowest BCUT2D eigenvalue weighted by atomic mass is 9.96. The lowest BCUT2D eigenvalue weighted by Crippen LogP contribution is -2.45. The summed E-state index contributed by atoms with van der Waals surface area (Å²) in [4.78, 5) is 14.5. The topological polar surface area (TPSA) is 32.3 Å². The number of hydrogen-bond acceptors (Lipinski definition) is 3. The smallest absolute Gasteiger partial charge is 0.226 e. The fraction of sp³-hybridized carbons (Fsp3) is 0.929. The van der Waals surface area contributed by atoms with Gasteiger partial charge < -0.3 is 10.2 Å². The van der Waals surface area contributed by atoms with Gasteiger partial charge in [-0.05, 0) is 37.5 Å². The molecule has 2 unspecified atom stereocenters. The molecule has 0 aromatic carbocycles. The number of rotatable bonds is 4. The number of hydrogen-bond donors (Lipinski definition) is 1. The van der Waals surface area contributed by atoms with Gasteiger partial charge >= 0.3 is 0 Å². The van der Waals surface area contributed by atoms with E-state index in [-0.39, 0.29) is 0 Å². The fourth-order valence-corrected chi connectivity index (χ4v) is 4.03. The highest BCUT2D eigenvalue weighted by Gasteiger charge is 2.30. The van der Waals surface area contributed by atoms with Crippen molar-refractivity contribution in [2.45, 2.75) is 39.2 Å². The Kier molecular flexibility index (Phi) is 5.37. The highest BCUT2D eigenvalue weighted by Crippen LogP contribution is 2.27. The van der Waals surface area contributed by atoms with Crippen LogP contribution in [0.4, 0.5) is 0 Å². The van der Waals surface area contributed by atoms with Gasteiger partial charge in [-0.25, -0.2) is 0 Å². The van der Waals surface area contributed by atoms with E-state index in [1.54, 1.807) is 0 Å². The van der Waals surface area contributed by atoms with E-state index in [9.17, 15) is 4.79 Å². The molecule has 0 aromatic heterocycles. The second kappa shape index (κ2) is 6.80. The van der Waals surface area contributed by atoms with Crippen molar-refractivity contribution in [1.29, 1.82) is 0 Å². The van der Waals surface area contributed by atoms with Crippen LogP contribution in [0.3, 0.4) is 0 Å². The molecule has 0 aliphatic carbocycles. The van der Waals surface area contributed by atoms with Gasteiger partial charge in [-0.2, -0.15) is 11.8 Å². The zero-order valence-electron chi connectivity index (χ0n) is 11.7. The normalized spacial score (nSPS) is 28.9. The average Bonchev–Trinajstić information content (AvgIpc) is 2.89. The maximum absolute atomic E-state index is 12.4. The molecular weight excluding hydrogens is 244 g/mol. The first-order valence-electron chi connectivity index (χ1n) is 7.26. The summed E-state index contributed by atoms with van der Waals surface area (Å²) in [5, 5.41) is 3.50. The first-order chi connectivity index (χ1) is 8.66. The molecule has 2 fully saturated rings. The summed E-state index contributed by atoms with van der Waals surface area (Å²) in [5.41, 5.74) is 0. The Morgan fingerprint density at radius 3 is 2.94 bits per heavy atom. The van der Waals surface area contributed by atoms with Crippen LogP contribution in [-0.4, -0.2) is 48.0 Å². The molecule has 0 aromatic rings. The Bertz CT molecular complexity index is 277. The summed E-state index contributed by atoms with van der Waals surface area (Å²) in [6.45, 7) is 7.38. The van der Waals surface area contributed by atoms with Crippen LogP contribution in [-0.2, 0) is 4.79 Å². The molecule has 0 spiro atoms. The fourth-order valence-electron chi connectivity index (χ4n) is 2.82. The van der Waals surface area contributed by atoms with Crippen molar-refractivity contribution in [3.8, 4) is 0 Å². The number of nitrogens with zero attached hydrogens (tertiary/aromatic N) is 1. The number of carbonyl (C=O) groups is 1. The predicted octanol–water partition coefficient (Wildman–Crippen LogP) is 1.98. The van der Waals surface area contributed by atoms with Crippen molar-refractivity contribution in [3.63, 3.8) is 0 Å². The Hall–Kier alpha value is -0.220. The molecule has 4 heteroatoms. The van der Waals surface area contributed by atoms with Gasteiger partial charge in [-0.15, -0.1) is 0 Å². The van der Waals surface area contributed by atoms with Crippen molar-refractivity contribution >= 4 is 17.7 Å². The van der Waals surface area contributed by atoms with Crippen LogP contribution in [0, 0.1) is 11.8 Å². The summed E-state index contributed by atoms with van der Waals surface area (Å²) >= 11 is 1.93. The molecule has 104 valence electrons. The zero-order valence-corrected chi connectivity index (χ0v) is 12.5. The van der Waals surface area contributed by atoms with Gasteiger partial charge in [-0.3, -0.25) is 4.79 Å². The zero-order chi connectivity index (χ0) is 13.0. The number of thioether (sulfide) groups is 1. The third-order valence-electron chi connectivity index (χ3n) is 3.92. The van der Waals surface area contributed by atoms with Gasteiger partial charge in [0, 0.05) is 30.8 Å². The highest BCUT2D eigenvalue weighted by atomic mass is 32.2. The van der Waals surface area contributed by atoms with Crippen LogP contribution in [0.5, 0.6) is 0 Å². The Labute approximate surface area is 115 Å². The van der Waals surface area contributed by atoms with Gasteiger partial charge in [0.15, 0.2) is 0 Å². The molecule has 2 rings (SSSR count). The van der Waals surface area contributed by atoms with E-state index in [0.717, 1.165) is 31.8 Å². The molecular formula is C14H26N2OS. The van der Waals surface area contributed by atoms with Crippen LogP contribution in [0.15, 0.2) is 0 Å². The molecule has 2 saturated heterocycles. The molecule has 2 atom stereocenters. The second-order valence-corrected chi connectivity index (χ2v) is 7.07. The molecule has 3 nitrogen and oxygen atoms in total. The van der Waals surface area contributed by atoms with Crippen molar-refractivity contribution in [2.75, 3.05) is 31.1 Å². The van der Waals surface area contributed by atoms with E-state index in [1.807, 2.05) is 11.8 Å². The van der Waals surface area contributed by atoms with Gasteiger partial charge in [-0.1, -0.05) is 13.8 Å². The molecule has 2 aliphatic heterocycles. The van der Waals surface area contributed by atoms with Gasteiger partial charge in [0.25, 0.3) is 0 Å². The molecule has 0 saturated carbocycles. The maximum atomic E-state index is 12.4. The Morgan fingerprint density at radius 1 is 1.44 bits per heavy atom. The largest absolute Gasteiger partial charge is 0.342 e. The van der Waals surface area contributed by atoms with E-state index in [2.05, 4.69) is 24.1 Å². The van der Waals surface area contributed by atoms with Crippen LogP contribution in [0.25, 0.3) is 0 Å². The number of nitrogens with one attached hydrogen (secondary N) is 1. The lowest BCUT2D eigenvalue weighted by Gasteiger charge is -2.34. The van der Waals surface area contributed by atoms with Crippen molar-refractivity contribution < 1.29 is 4.79 Å². The quantitative estimate of drug-likeness (QED) is 0.848. The third-order valence-corrected chi connectivity index (χ3v) is 5.09. The molecule has 2 aliphatic rings. The maximum Gasteiger partial charge on any atom is 0.226 e. The minimum Gasteiger partial charge on any atom is -0.342 e. The minimum absolute atomic E-state index is 0.312. The van der Waals surface area contributed by atoms with Crippen LogP contribution in [0.2, 0.25) is 0 Å². The highest BCUT2D eigenvalue weighted by molar-refractivity contribution is 7.99. The van der Waals surface area contributed by atoms with Crippen molar-refractivity contribution in [1.82, 2.24) is 10.2 Å². The first-order valence-corrected chi connectivity index (χ1v) is 8.42. The molecule has 1 amide bonds. The molecule has 18 heavy (non-hydrogen) atoms. The van der Waals surface area contributed by atoms with Crippen LogP contribution < -0.4 is 5.32 Å². The number of carbonyl (C=O) groups excluding carboxylic acids is 1. The number of amides is 1.